The van der Waals surface area contributed by atoms with Gasteiger partial charge in [-0.15, -0.1) is 0 Å². The largest absolute Gasteiger partial charge is 0.316 e. The molecule has 0 rings (SSSR count). The van der Waals surface area contributed by atoms with E-state index in [1.54, 1.807) is 0 Å². The van der Waals surface area contributed by atoms with E-state index in [4.69, 9.17) is 0 Å². The molecule has 0 aliphatic heterocycles. The van der Waals surface area contributed by atoms with Gasteiger partial charge in [0.25, 0.3) is 0 Å². The summed E-state index contributed by atoms with van der Waals surface area (Å²) in [5.74, 6) is 2.05. The van der Waals surface area contributed by atoms with E-state index in [-0.39, 0.29) is 0 Å². The smallest absolute Gasteiger partial charge is 0.00752 e. The highest BCUT2D eigenvalue weighted by atomic mass is 32.2. The minimum atomic E-state index is 0.416. The van der Waals surface area contributed by atoms with Crippen molar-refractivity contribution in [3.63, 3.8) is 0 Å². The maximum atomic E-state index is 3.46. The van der Waals surface area contributed by atoms with Gasteiger partial charge >= 0.3 is 0 Å². The normalized spacial score (nSPS) is 14.5. The van der Waals surface area contributed by atoms with Crippen LogP contribution in [-0.4, -0.2) is 23.6 Å². The fraction of sp³-hybridized carbons (Fsp3) is 1.00. The molecule has 80 valence electrons. The van der Waals surface area contributed by atoms with E-state index < -0.39 is 0 Å². The van der Waals surface area contributed by atoms with Gasteiger partial charge in [0.15, 0.2) is 0 Å². The Morgan fingerprint density at radius 3 is 2.38 bits per heavy atom. The van der Waals surface area contributed by atoms with Gasteiger partial charge in [-0.2, -0.15) is 11.8 Å². The molecule has 0 aliphatic carbocycles. The van der Waals surface area contributed by atoms with Crippen LogP contribution in [0.2, 0.25) is 0 Å². The zero-order chi connectivity index (χ0) is 10.3. The second-order valence-corrected chi connectivity index (χ2v) is 6.58. The maximum absolute atomic E-state index is 3.46. The van der Waals surface area contributed by atoms with Crippen LogP contribution in [0.25, 0.3) is 0 Å². The third-order valence-corrected chi connectivity index (χ3v) is 3.32. The number of nitrogens with one attached hydrogen (secondary N) is 1. The molecule has 0 aromatic rings. The highest BCUT2D eigenvalue weighted by Gasteiger charge is 2.12. The van der Waals surface area contributed by atoms with Gasteiger partial charge in [0, 0.05) is 4.75 Å². The molecule has 0 spiro atoms. The maximum Gasteiger partial charge on any atom is 0.00752 e. The van der Waals surface area contributed by atoms with Crippen LogP contribution in [0.15, 0.2) is 0 Å². The van der Waals surface area contributed by atoms with E-state index >= 15 is 0 Å². The summed E-state index contributed by atoms with van der Waals surface area (Å²) in [6.07, 6.45) is 1.24. The fourth-order valence-corrected chi connectivity index (χ4v) is 1.88. The summed E-state index contributed by atoms with van der Waals surface area (Å²) in [4.78, 5) is 0. The highest BCUT2D eigenvalue weighted by Crippen LogP contribution is 2.24. The van der Waals surface area contributed by atoms with E-state index in [2.05, 4.69) is 51.7 Å². The molecule has 0 fully saturated rings. The van der Waals surface area contributed by atoms with Gasteiger partial charge in [-0.1, -0.05) is 34.6 Å². The molecule has 1 nitrogen and oxygen atoms in total. The fourth-order valence-electron chi connectivity index (χ4n) is 0.976. The summed E-state index contributed by atoms with van der Waals surface area (Å²) in [6, 6.07) is 0. The molecular formula is C11H25NS. The zero-order valence-corrected chi connectivity index (χ0v) is 10.6. The average Bonchev–Trinajstić information content (AvgIpc) is 2.00. The molecule has 1 unspecified atom stereocenters. The number of rotatable bonds is 6. The van der Waals surface area contributed by atoms with Crippen molar-refractivity contribution in [3.05, 3.63) is 0 Å². The first-order valence-corrected chi connectivity index (χ1v) is 6.29. The zero-order valence-electron chi connectivity index (χ0n) is 9.81. The Kier molecular flexibility index (Phi) is 6.88. The lowest BCUT2D eigenvalue weighted by atomic mass is 10.2. The van der Waals surface area contributed by atoms with E-state index in [0.29, 0.717) is 4.75 Å². The Labute approximate surface area is 88.1 Å². The molecule has 0 radical (unpaired) electrons. The van der Waals surface area contributed by atoms with Crippen LogP contribution >= 0.6 is 11.8 Å². The molecule has 0 saturated carbocycles. The van der Waals surface area contributed by atoms with Crippen molar-refractivity contribution >= 4 is 11.8 Å². The Balaban J connectivity index is 3.35. The quantitative estimate of drug-likeness (QED) is 0.666. The van der Waals surface area contributed by atoms with E-state index in [9.17, 15) is 0 Å². The molecule has 0 aliphatic rings. The van der Waals surface area contributed by atoms with Crippen molar-refractivity contribution in [2.45, 2.75) is 45.8 Å². The van der Waals surface area contributed by atoms with Gasteiger partial charge in [0.2, 0.25) is 0 Å². The standard InChI is InChI=1S/C11H25NS/c1-6-7-12-8-10(2)9-13-11(3,4)5/h10,12H,6-9H2,1-5H3. The molecule has 0 heterocycles. The highest BCUT2D eigenvalue weighted by molar-refractivity contribution is 8.00. The van der Waals surface area contributed by atoms with Crippen LogP contribution in [0.1, 0.15) is 41.0 Å². The van der Waals surface area contributed by atoms with Crippen LogP contribution < -0.4 is 5.32 Å². The Hall–Kier alpha value is 0.310. The Bertz CT molecular complexity index is 118. The van der Waals surface area contributed by atoms with Crippen LogP contribution in [0.4, 0.5) is 0 Å². The van der Waals surface area contributed by atoms with Crippen molar-refractivity contribution in [3.8, 4) is 0 Å². The summed E-state index contributed by atoms with van der Waals surface area (Å²) in [7, 11) is 0. The van der Waals surface area contributed by atoms with E-state index in [1.165, 1.54) is 12.2 Å². The third-order valence-electron chi connectivity index (χ3n) is 1.72. The third kappa shape index (κ3) is 10.2. The predicted octanol–water partition coefficient (Wildman–Crippen LogP) is 3.15. The molecule has 0 amide bonds. The SMILES string of the molecule is CCCNCC(C)CSC(C)(C)C. The number of hydrogen-bond donors (Lipinski definition) is 1. The first-order chi connectivity index (χ1) is 5.95. The van der Waals surface area contributed by atoms with Crippen LogP contribution in [0.5, 0.6) is 0 Å². The number of hydrogen-bond acceptors (Lipinski definition) is 2. The number of thioether (sulfide) groups is 1. The van der Waals surface area contributed by atoms with Crippen molar-refractivity contribution in [1.82, 2.24) is 5.32 Å². The monoisotopic (exact) mass is 203 g/mol. The second-order valence-electron chi connectivity index (χ2n) is 4.73. The molecular weight excluding hydrogens is 178 g/mol. The van der Waals surface area contributed by atoms with Gasteiger partial charge in [-0.3, -0.25) is 0 Å². The average molecular weight is 203 g/mol. The topological polar surface area (TPSA) is 12.0 Å². The first kappa shape index (κ1) is 13.3. The van der Waals surface area contributed by atoms with Gasteiger partial charge in [0.1, 0.15) is 0 Å². The second kappa shape index (κ2) is 6.72. The van der Waals surface area contributed by atoms with Gasteiger partial charge < -0.3 is 5.32 Å². The summed E-state index contributed by atoms with van der Waals surface area (Å²) in [5, 5.41) is 3.46. The summed E-state index contributed by atoms with van der Waals surface area (Å²) in [6.45, 7) is 13.7. The first-order valence-electron chi connectivity index (χ1n) is 5.30. The minimum absolute atomic E-state index is 0.416. The van der Waals surface area contributed by atoms with Gasteiger partial charge in [0.05, 0.1) is 0 Å². The van der Waals surface area contributed by atoms with Gasteiger partial charge in [-0.25, -0.2) is 0 Å². The molecule has 0 saturated heterocycles. The molecule has 2 heteroatoms. The summed E-state index contributed by atoms with van der Waals surface area (Å²) in [5.41, 5.74) is 0. The van der Waals surface area contributed by atoms with Crippen LogP contribution in [0, 0.1) is 5.92 Å². The Morgan fingerprint density at radius 1 is 1.31 bits per heavy atom. The van der Waals surface area contributed by atoms with Crippen LogP contribution in [0.3, 0.4) is 0 Å². The van der Waals surface area contributed by atoms with Crippen molar-refractivity contribution < 1.29 is 0 Å². The van der Waals surface area contributed by atoms with E-state index in [0.717, 1.165) is 19.0 Å². The Morgan fingerprint density at radius 2 is 1.92 bits per heavy atom. The van der Waals surface area contributed by atoms with Crippen LogP contribution in [-0.2, 0) is 0 Å². The molecule has 1 atom stereocenters. The molecule has 0 aromatic heterocycles. The van der Waals surface area contributed by atoms with Crippen molar-refractivity contribution in [2.24, 2.45) is 5.92 Å². The van der Waals surface area contributed by atoms with Gasteiger partial charge in [-0.05, 0) is 31.2 Å². The summed E-state index contributed by atoms with van der Waals surface area (Å²) < 4.78 is 0.416. The van der Waals surface area contributed by atoms with Crippen molar-refractivity contribution in [1.29, 1.82) is 0 Å². The lowest BCUT2D eigenvalue weighted by molar-refractivity contribution is 0.555. The molecule has 0 bridgehead atoms. The predicted molar refractivity (Wildman–Crippen MR) is 64.5 cm³/mol. The minimum Gasteiger partial charge on any atom is -0.316 e. The lowest BCUT2D eigenvalue weighted by Crippen LogP contribution is -2.24. The molecule has 0 aromatic carbocycles. The molecule has 13 heavy (non-hydrogen) atoms. The molecule has 1 N–H and O–H groups in total. The lowest BCUT2D eigenvalue weighted by Gasteiger charge is -2.20. The van der Waals surface area contributed by atoms with Crippen molar-refractivity contribution in [2.75, 3.05) is 18.8 Å². The van der Waals surface area contributed by atoms with E-state index in [1.807, 2.05) is 0 Å². The summed E-state index contributed by atoms with van der Waals surface area (Å²) >= 11 is 2.06.